The zero-order valence-electron chi connectivity index (χ0n) is 18.8. The highest BCUT2D eigenvalue weighted by Gasteiger charge is 2.33. The molecule has 3 aromatic rings. The van der Waals surface area contributed by atoms with Crippen LogP contribution in [0.4, 0.5) is 10.7 Å². The minimum Gasteiger partial charge on any atom is -0.465 e. The van der Waals surface area contributed by atoms with Crippen LogP contribution in [0.5, 0.6) is 0 Å². The van der Waals surface area contributed by atoms with Crippen molar-refractivity contribution in [2.75, 3.05) is 41.4 Å². The molecule has 1 saturated heterocycles. The van der Waals surface area contributed by atoms with Crippen molar-refractivity contribution < 1.29 is 19.1 Å². The number of nitrogens with zero attached hydrogens (tertiary/aromatic N) is 2. The first kappa shape index (κ1) is 23.3. The lowest BCUT2D eigenvalue weighted by molar-refractivity contribution is 0.0601. The standard InChI is InChI=1S/C26H25IN2O4S/c1-32-26(31)23-22(21-11-8-17-4-2-3-5-20(17)21)16-34-25(23)29(27)24(30)18-6-9-19(10-7-18)28-12-14-33-15-13-28/h2-7,9-10,16,21H,8,11-15H2,1H3. The van der Waals surface area contributed by atoms with Gasteiger partial charge >= 0.3 is 5.97 Å². The number of hydrogen-bond donors (Lipinski definition) is 0. The lowest BCUT2D eigenvalue weighted by atomic mass is 9.92. The number of thiophene rings is 1. The first-order valence-corrected chi connectivity index (χ1v) is 13.1. The Hall–Kier alpha value is -2.43. The van der Waals surface area contributed by atoms with Gasteiger partial charge in [-0.3, -0.25) is 4.79 Å². The molecule has 1 fully saturated rings. The maximum atomic E-state index is 13.4. The fourth-order valence-electron chi connectivity index (χ4n) is 4.79. The van der Waals surface area contributed by atoms with Crippen LogP contribution >= 0.6 is 34.2 Å². The van der Waals surface area contributed by atoms with Crippen LogP contribution in [0.3, 0.4) is 0 Å². The summed E-state index contributed by atoms with van der Waals surface area (Å²) in [5.41, 5.74) is 5.65. The highest BCUT2D eigenvalue weighted by molar-refractivity contribution is 14.1. The highest BCUT2D eigenvalue weighted by Crippen LogP contribution is 2.45. The molecular weight excluding hydrogens is 563 g/mol. The van der Waals surface area contributed by atoms with Crippen molar-refractivity contribution >= 4 is 56.8 Å². The maximum absolute atomic E-state index is 13.4. The summed E-state index contributed by atoms with van der Waals surface area (Å²) in [5.74, 6) is -0.449. The zero-order valence-corrected chi connectivity index (χ0v) is 21.8. The molecule has 1 aliphatic heterocycles. The molecule has 0 spiro atoms. The molecule has 8 heteroatoms. The quantitative estimate of drug-likeness (QED) is 0.226. The summed E-state index contributed by atoms with van der Waals surface area (Å²) < 4.78 is 12.1. The van der Waals surface area contributed by atoms with E-state index in [1.165, 1.54) is 29.6 Å². The molecule has 2 aromatic carbocycles. The molecule has 5 rings (SSSR count). The Bertz CT molecular complexity index is 1200. The number of hydrogen-bond acceptors (Lipinski definition) is 6. The van der Waals surface area contributed by atoms with E-state index >= 15 is 0 Å². The number of fused-ring (bicyclic) bond motifs is 1. The Morgan fingerprint density at radius 1 is 1.09 bits per heavy atom. The highest BCUT2D eigenvalue weighted by atomic mass is 127. The second-order valence-electron chi connectivity index (χ2n) is 8.39. The Morgan fingerprint density at radius 2 is 1.82 bits per heavy atom. The van der Waals surface area contributed by atoms with E-state index in [0.717, 1.165) is 37.2 Å². The van der Waals surface area contributed by atoms with Crippen LogP contribution in [0.25, 0.3) is 0 Å². The van der Waals surface area contributed by atoms with E-state index in [1.54, 1.807) is 3.11 Å². The summed E-state index contributed by atoms with van der Waals surface area (Å²) in [6.45, 7) is 3.11. The molecule has 1 aromatic heterocycles. The summed E-state index contributed by atoms with van der Waals surface area (Å²) >= 11 is 3.41. The van der Waals surface area contributed by atoms with Crippen molar-refractivity contribution in [1.29, 1.82) is 0 Å². The van der Waals surface area contributed by atoms with Crippen LogP contribution in [0.1, 0.15) is 49.7 Å². The summed E-state index contributed by atoms with van der Waals surface area (Å²) in [5, 5.41) is 2.61. The lowest BCUT2D eigenvalue weighted by Gasteiger charge is -2.29. The number of benzene rings is 2. The Kier molecular flexibility index (Phi) is 6.89. The molecule has 34 heavy (non-hydrogen) atoms. The number of carbonyl (C=O) groups excluding carboxylic acids is 2. The van der Waals surface area contributed by atoms with Crippen LogP contribution < -0.4 is 8.01 Å². The normalized spacial score (nSPS) is 17.4. The van der Waals surface area contributed by atoms with E-state index < -0.39 is 5.97 Å². The van der Waals surface area contributed by atoms with Gasteiger partial charge in [-0.1, -0.05) is 24.3 Å². The van der Waals surface area contributed by atoms with Gasteiger partial charge in [0.15, 0.2) is 0 Å². The number of amides is 1. The molecule has 0 radical (unpaired) electrons. The number of esters is 1. The first-order valence-electron chi connectivity index (χ1n) is 11.3. The summed E-state index contributed by atoms with van der Waals surface area (Å²) in [6, 6.07) is 16.0. The Balaban J connectivity index is 1.43. The van der Waals surface area contributed by atoms with E-state index in [-0.39, 0.29) is 11.8 Å². The molecule has 0 bridgehead atoms. The van der Waals surface area contributed by atoms with Crippen LogP contribution in [-0.2, 0) is 15.9 Å². The molecule has 1 atom stereocenters. The van der Waals surface area contributed by atoms with Gasteiger partial charge in [-0.05, 0) is 59.2 Å². The fourth-order valence-corrected chi connectivity index (χ4v) is 6.67. The van der Waals surface area contributed by atoms with Gasteiger partial charge in [-0.2, -0.15) is 0 Å². The van der Waals surface area contributed by atoms with E-state index in [1.807, 2.05) is 58.6 Å². The topological polar surface area (TPSA) is 59.1 Å². The lowest BCUT2D eigenvalue weighted by Crippen LogP contribution is -2.36. The number of morpholine rings is 1. The van der Waals surface area contributed by atoms with Crippen LogP contribution in [0.15, 0.2) is 53.9 Å². The van der Waals surface area contributed by atoms with Crippen molar-refractivity contribution in [2.24, 2.45) is 0 Å². The monoisotopic (exact) mass is 588 g/mol. The Morgan fingerprint density at radius 3 is 2.56 bits per heavy atom. The van der Waals surface area contributed by atoms with Gasteiger partial charge in [-0.15, -0.1) is 11.3 Å². The van der Waals surface area contributed by atoms with Crippen molar-refractivity contribution in [3.8, 4) is 0 Å². The molecule has 2 heterocycles. The summed E-state index contributed by atoms with van der Waals surface area (Å²) in [4.78, 5) is 28.5. The second-order valence-corrected chi connectivity index (χ2v) is 10.2. The van der Waals surface area contributed by atoms with Gasteiger partial charge in [0.1, 0.15) is 5.00 Å². The minimum atomic E-state index is -0.409. The average molecular weight is 588 g/mol. The molecule has 1 amide bonds. The maximum Gasteiger partial charge on any atom is 0.341 e. The average Bonchev–Trinajstić information content (AvgIpc) is 3.52. The zero-order chi connectivity index (χ0) is 23.7. The number of rotatable bonds is 5. The molecule has 176 valence electrons. The van der Waals surface area contributed by atoms with Gasteiger partial charge in [0.2, 0.25) is 0 Å². The number of aryl methyl sites for hydroxylation is 1. The van der Waals surface area contributed by atoms with E-state index in [0.29, 0.717) is 29.3 Å². The van der Waals surface area contributed by atoms with Gasteiger partial charge in [0.05, 0.1) is 48.8 Å². The number of carbonyl (C=O) groups is 2. The number of anilines is 2. The summed E-state index contributed by atoms with van der Waals surface area (Å²) in [6.07, 6.45) is 1.92. The van der Waals surface area contributed by atoms with Crippen molar-refractivity contribution in [2.45, 2.75) is 18.8 Å². The van der Waals surface area contributed by atoms with Crippen LogP contribution in [0, 0.1) is 0 Å². The summed E-state index contributed by atoms with van der Waals surface area (Å²) in [7, 11) is 1.39. The van der Waals surface area contributed by atoms with Crippen LogP contribution in [0.2, 0.25) is 0 Å². The van der Waals surface area contributed by atoms with Gasteiger partial charge in [0.25, 0.3) is 5.91 Å². The van der Waals surface area contributed by atoms with Gasteiger partial charge < -0.3 is 14.4 Å². The SMILES string of the molecule is COC(=O)c1c(C2CCc3ccccc32)csc1N(I)C(=O)c1ccc(N2CCOCC2)cc1. The Labute approximate surface area is 217 Å². The fraction of sp³-hybridized carbons (Fsp3) is 0.308. The van der Waals surface area contributed by atoms with Gasteiger partial charge in [-0.25, -0.2) is 7.91 Å². The van der Waals surface area contributed by atoms with Crippen molar-refractivity contribution in [1.82, 2.24) is 0 Å². The second kappa shape index (κ2) is 10.1. The third-order valence-electron chi connectivity index (χ3n) is 6.54. The molecule has 1 aliphatic carbocycles. The predicted molar refractivity (Wildman–Crippen MR) is 143 cm³/mol. The number of halogens is 1. The van der Waals surface area contributed by atoms with E-state index in [4.69, 9.17) is 9.47 Å². The predicted octanol–water partition coefficient (Wildman–Crippen LogP) is 5.45. The van der Waals surface area contributed by atoms with E-state index in [9.17, 15) is 9.59 Å². The smallest absolute Gasteiger partial charge is 0.341 e. The van der Waals surface area contributed by atoms with Crippen molar-refractivity contribution in [3.05, 3.63) is 81.7 Å². The number of ether oxygens (including phenoxy) is 2. The molecule has 6 nitrogen and oxygen atoms in total. The van der Waals surface area contributed by atoms with Gasteiger partial charge in [0, 0.05) is 30.3 Å². The third-order valence-corrected chi connectivity index (χ3v) is 8.77. The first-order chi connectivity index (χ1) is 16.6. The van der Waals surface area contributed by atoms with Crippen molar-refractivity contribution in [3.63, 3.8) is 0 Å². The van der Waals surface area contributed by atoms with Crippen LogP contribution in [-0.4, -0.2) is 45.3 Å². The minimum absolute atomic E-state index is 0.128. The molecular formula is C26H25IN2O4S. The third kappa shape index (κ3) is 4.34. The van der Waals surface area contributed by atoms with E-state index in [2.05, 4.69) is 23.1 Å². The number of methoxy groups -OCH3 is 1. The molecule has 2 aliphatic rings. The molecule has 0 saturated carbocycles. The largest absolute Gasteiger partial charge is 0.465 e. The molecule has 1 unspecified atom stereocenters. The molecule has 0 N–H and O–H groups in total.